The van der Waals surface area contributed by atoms with Crippen molar-refractivity contribution in [1.29, 1.82) is 0 Å². The molecule has 1 rings (SSSR count). The molecule has 1 aromatic carbocycles. The fourth-order valence-corrected chi connectivity index (χ4v) is 4.48. The SMILES string of the molecule is CC[C@H](C)[C@H](NS(=O)(=O)c1c(C)c(C)cc(C)c1C)C(=O)OC. The van der Waals surface area contributed by atoms with E-state index >= 15 is 0 Å². The number of nitrogens with one attached hydrogen (secondary N) is 1. The Labute approximate surface area is 139 Å². The molecule has 1 aromatic rings. The topological polar surface area (TPSA) is 72.5 Å². The number of esters is 1. The van der Waals surface area contributed by atoms with Crippen LogP contribution in [0.2, 0.25) is 0 Å². The molecule has 0 spiro atoms. The first-order valence-corrected chi connectivity index (χ1v) is 9.22. The Morgan fingerprint density at radius 1 is 1.17 bits per heavy atom. The van der Waals surface area contributed by atoms with Crippen LogP contribution in [0.25, 0.3) is 0 Å². The van der Waals surface area contributed by atoms with Crippen LogP contribution in [-0.4, -0.2) is 27.5 Å². The van der Waals surface area contributed by atoms with Gasteiger partial charge in [0, 0.05) is 0 Å². The molecule has 0 fully saturated rings. The van der Waals surface area contributed by atoms with Crippen LogP contribution in [0.1, 0.15) is 42.5 Å². The molecule has 0 unspecified atom stereocenters. The smallest absolute Gasteiger partial charge is 0.324 e. The Kier molecular flexibility index (Phi) is 6.36. The maximum Gasteiger partial charge on any atom is 0.324 e. The maximum atomic E-state index is 12.9. The molecule has 0 radical (unpaired) electrons. The van der Waals surface area contributed by atoms with Crippen molar-refractivity contribution >= 4 is 16.0 Å². The first kappa shape index (κ1) is 19.6. The van der Waals surface area contributed by atoms with E-state index in [2.05, 4.69) is 4.72 Å². The fourth-order valence-electron chi connectivity index (χ4n) is 2.57. The Hall–Kier alpha value is -1.40. The number of carbonyl (C=O) groups is 1. The van der Waals surface area contributed by atoms with Gasteiger partial charge in [-0.05, 0) is 55.9 Å². The number of hydrogen-bond acceptors (Lipinski definition) is 4. The molecule has 5 nitrogen and oxygen atoms in total. The van der Waals surface area contributed by atoms with E-state index in [9.17, 15) is 13.2 Å². The summed E-state index contributed by atoms with van der Waals surface area (Å²) < 4.78 is 33.1. The maximum absolute atomic E-state index is 12.9. The molecular formula is C17H27NO4S. The summed E-state index contributed by atoms with van der Waals surface area (Å²) >= 11 is 0. The lowest BCUT2D eigenvalue weighted by Gasteiger charge is -2.23. The van der Waals surface area contributed by atoms with Gasteiger partial charge in [0.15, 0.2) is 0 Å². The number of rotatable bonds is 6. The van der Waals surface area contributed by atoms with Gasteiger partial charge < -0.3 is 4.74 Å². The fraction of sp³-hybridized carbons (Fsp3) is 0.588. The highest BCUT2D eigenvalue weighted by Gasteiger charge is 2.32. The predicted molar refractivity (Wildman–Crippen MR) is 91.0 cm³/mol. The molecule has 23 heavy (non-hydrogen) atoms. The molecule has 0 saturated carbocycles. The predicted octanol–water partition coefficient (Wildman–Crippen LogP) is 2.79. The average Bonchev–Trinajstić information content (AvgIpc) is 2.49. The highest BCUT2D eigenvalue weighted by atomic mass is 32.2. The summed E-state index contributed by atoms with van der Waals surface area (Å²) in [4.78, 5) is 12.2. The molecule has 0 bridgehead atoms. The van der Waals surface area contributed by atoms with Gasteiger partial charge in [0.2, 0.25) is 10.0 Å². The number of hydrogen-bond donors (Lipinski definition) is 1. The van der Waals surface area contributed by atoms with Crippen LogP contribution in [-0.2, 0) is 19.6 Å². The van der Waals surface area contributed by atoms with E-state index in [1.165, 1.54) is 7.11 Å². The molecule has 2 atom stereocenters. The third kappa shape index (κ3) is 4.12. The Morgan fingerprint density at radius 3 is 2.04 bits per heavy atom. The molecule has 0 aliphatic heterocycles. The first-order valence-electron chi connectivity index (χ1n) is 7.74. The Bertz CT molecular complexity index is 669. The van der Waals surface area contributed by atoms with E-state index in [0.717, 1.165) is 11.1 Å². The second-order valence-corrected chi connectivity index (χ2v) is 7.75. The molecule has 0 aliphatic carbocycles. The lowest BCUT2D eigenvalue weighted by atomic mass is 10.0. The standard InChI is InChI=1S/C17H27NO4S/c1-8-10(2)15(17(19)22-7)18-23(20,21)16-13(5)11(3)9-12(4)14(16)6/h9-10,15,18H,8H2,1-7H3/t10-,15-/m0/s1. The number of methoxy groups -OCH3 is 1. The second kappa shape index (κ2) is 7.45. The van der Waals surface area contributed by atoms with Gasteiger partial charge in [-0.25, -0.2) is 8.42 Å². The number of carbonyl (C=O) groups excluding carboxylic acids is 1. The first-order chi connectivity index (χ1) is 10.6. The number of sulfonamides is 1. The zero-order valence-corrected chi connectivity index (χ0v) is 15.8. The van der Waals surface area contributed by atoms with Crippen LogP contribution in [0.5, 0.6) is 0 Å². The van der Waals surface area contributed by atoms with Crippen molar-refractivity contribution < 1.29 is 17.9 Å². The van der Waals surface area contributed by atoms with Gasteiger partial charge in [0.05, 0.1) is 12.0 Å². The minimum Gasteiger partial charge on any atom is -0.468 e. The van der Waals surface area contributed by atoms with Gasteiger partial charge in [0.25, 0.3) is 0 Å². The molecule has 130 valence electrons. The second-order valence-electron chi connectivity index (χ2n) is 6.10. The Balaban J connectivity index is 3.40. The summed E-state index contributed by atoms with van der Waals surface area (Å²) in [6, 6.07) is 1.07. The molecule has 0 aliphatic rings. The largest absolute Gasteiger partial charge is 0.468 e. The van der Waals surface area contributed by atoms with Crippen LogP contribution in [0.15, 0.2) is 11.0 Å². The molecular weight excluding hydrogens is 314 g/mol. The summed E-state index contributed by atoms with van der Waals surface area (Å²) in [5.74, 6) is -0.730. The molecule has 0 amide bonds. The lowest BCUT2D eigenvalue weighted by Crippen LogP contribution is -2.45. The summed E-state index contributed by atoms with van der Waals surface area (Å²) in [6.07, 6.45) is 0.660. The van der Waals surface area contributed by atoms with Gasteiger partial charge in [-0.3, -0.25) is 4.79 Å². The van der Waals surface area contributed by atoms with Gasteiger partial charge in [-0.15, -0.1) is 0 Å². The van der Waals surface area contributed by atoms with Crippen LogP contribution < -0.4 is 4.72 Å². The minimum absolute atomic E-state index is 0.163. The monoisotopic (exact) mass is 341 g/mol. The van der Waals surface area contributed by atoms with Crippen molar-refractivity contribution in [2.45, 2.75) is 58.9 Å². The Morgan fingerprint density at radius 2 is 1.65 bits per heavy atom. The summed E-state index contributed by atoms with van der Waals surface area (Å²) in [5, 5.41) is 0. The van der Waals surface area contributed by atoms with E-state index in [1.54, 1.807) is 13.8 Å². The van der Waals surface area contributed by atoms with E-state index in [4.69, 9.17) is 4.74 Å². The normalized spacial score (nSPS) is 14.4. The third-order valence-electron chi connectivity index (χ3n) is 4.52. The van der Waals surface area contributed by atoms with Gasteiger partial charge in [-0.1, -0.05) is 26.3 Å². The van der Waals surface area contributed by atoms with Crippen molar-refractivity contribution in [3.8, 4) is 0 Å². The van der Waals surface area contributed by atoms with Crippen molar-refractivity contribution in [3.05, 3.63) is 28.3 Å². The highest BCUT2D eigenvalue weighted by Crippen LogP contribution is 2.26. The number of ether oxygens (including phenoxy) is 1. The number of benzene rings is 1. The van der Waals surface area contributed by atoms with Crippen molar-refractivity contribution in [2.24, 2.45) is 5.92 Å². The minimum atomic E-state index is -3.83. The van der Waals surface area contributed by atoms with E-state index < -0.39 is 22.0 Å². The van der Waals surface area contributed by atoms with Crippen LogP contribution in [0.4, 0.5) is 0 Å². The van der Waals surface area contributed by atoms with Crippen LogP contribution in [0, 0.1) is 33.6 Å². The molecule has 0 saturated heterocycles. The van der Waals surface area contributed by atoms with Gasteiger partial charge >= 0.3 is 5.97 Å². The summed E-state index contributed by atoms with van der Waals surface area (Å²) in [7, 11) is -2.56. The zero-order valence-electron chi connectivity index (χ0n) is 15.0. The van der Waals surface area contributed by atoms with Crippen LogP contribution >= 0.6 is 0 Å². The summed E-state index contributed by atoms with van der Waals surface area (Å²) in [6.45, 7) is 11.1. The lowest BCUT2D eigenvalue weighted by molar-refractivity contribution is -0.143. The van der Waals surface area contributed by atoms with Crippen LogP contribution in [0.3, 0.4) is 0 Å². The molecule has 0 aromatic heterocycles. The molecule has 6 heteroatoms. The van der Waals surface area contributed by atoms with Crippen molar-refractivity contribution in [1.82, 2.24) is 4.72 Å². The molecule has 1 N–H and O–H groups in total. The van der Waals surface area contributed by atoms with E-state index in [-0.39, 0.29) is 10.8 Å². The third-order valence-corrected chi connectivity index (χ3v) is 6.23. The number of aryl methyl sites for hydroxylation is 2. The highest BCUT2D eigenvalue weighted by molar-refractivity contribution is 7.89. The van der Waals surface area contributed by atoms with Crippen molar-refractivity contribution in [2.75, 3.05) is 7.11 Å². The van der Waals surface area contributed by atoms with Gasteiger partial charge in [0.1, 0.15) is 6.04 Å². The van der Waals surface area contributed by atoms with E-state index in [1.807, 2.05) is 33.8 Å². The molecule has 0 heterocycles. The summed E-state index contributed by atoms with van der Waals surface area (Å²) in [5.41, 5.74) is 3.22. The average molecular weight is 341 g/mol. The zero-order chi connectivity index (χ0) is 17.9. The van der Waals surface area contributed by atoms with Crippen molar-refractivity contribution in [3.63, 3.8) is 0 Å². The quantitative estimate of drug-likeness (QED) is 0.808. The van der Waals surface area contributed by atoms with Gasteiger partial charge in [-0.2, -0.15) is 4.72 Å². The van der Waals surface area contributed by atoms with E-state index in [0.29, 0.717) is 17.5 Å².